The Bertz CT molecular complexity index is 289. The SMILES string of the molecule is O=COc1cc(F)c(O)c(F)c1. The monoisotopic (exact) mass is 174 g/mol. The lowest BCUT2D eigenvalue weighted by Gasteiger charge is -2.00. The minimum Gasteiger partial charge on any atom is -0.503 e. The highest BCUT2D eigenvalue weighted by Gasteiger charge is 2.09. The van der Waals surface area contributed by atoms with Crippen molar-refractivity contribution < 1.29 is 23.4 Å². The predicted molar refractivity (Wildman–Crippen MR) is 34.7 cm³/mol. The molecule has 0 aliphatic heterocycles. The van der Waals surface area contributed by atoms with Gasteiger partial charge in [0, 0.05) is 12.1 Å². The Kier molecular flexibility index (Phi) is 2.23. The fourth-order valence-corrected chi connectivity index (χ4v) is 0.666. The third-order valence-electron chi connectivity index (χ3n) is 1.17. The highest BCUT2D eigenvalue weighted by molar-refractivity contribution is 5.46. The summed E-state index contributed by atoms with van der Waals surface area (Å²) in [5.41, 5.74) is 0. The minimum atomic E-state index is -1.17. The summed E-state index contributed by atoms with van der Waals surface area (Å²) in [5.74, 6) is -3.73. The van der Waals surface area contributed by atoms with Gasteiger partial charge in [-0.05, 0) is 0 Å². The third-order valence-corrected chi connectivity index (χ3v) is 1.17. The van der Waals surface area contributed by atoms with E-state index in [9.17, 15) is 13.6 Å². The zero-order chi connectivity index (χ0) is 9.14. The first-order valence-corrected chi connectivity index (χ1v) is 2.93. The predicted octanol–water partition coefficient (Wildman–Crippen LogP) is 1.21. The van der Waals surface area contributed by atoms with E-state index in [4.69, 9.17) is 5.11 Å². The molecule has 0 aliphatic carbocycles. The van der Waals surface area contributed by atoms with Crippen LogP contribution in [-0.4, -0.2) is 11.6 Å². The molecule has 0 unspecified atom stereocenters. The van der Waals surface area contributed by atoms with E-state index in [2.05, 4.69) is 4.74 Å². The Labute approximate surface area is 66.2 Å². The minimum absolute atomic E-state index is 0.0330. The molecule has 0 fully saturated rings. The van der Waals surface area contributed by atoms with Gasteiger partial charge in [0.05, 0.1) is 0 Å². The maximum Gasteiger partial charge on any atom is 0.298 e. The second-order valence-electron chi connectivity index (χ2n) is 1.95. The second kappa shape index (κ2) is 3.17. The molecular formula is C7H4F2O3. The molecule has 1 aromatic rings. The van der Waals surface area contributed by atoms with Crippen LogP contribution in [0.2, 0.25) is 0 Å². The second-order valence-corrected chi connectivity index (χ2v) is 1.95. The number of phenolic OH excluding ortho intramolecular Hbond substituents is 1. The van der Waals surface area contributed by atoms with Gasteiger partial charge < -0.3 is 9.84 Å². The van der Waals surface area contributed by atoms with Crippen molar-refractivity contribution in [3.05, 3.63) is 23.8 Å². The van der Waals surface area contributed by atoms with Crippen molar-refractivity contribution in [1.29, 1.82) is 0 Å². The summed E-state index contributed by atoms with van der Waals surface area (Å²) in [6, 6.07) is 1.40. The van der Waals surface area contributed by atoms with E-state index in [-0.39, 0.29) is 12.2 Å². The lowest BCUT2D eigenvalue weighted by atomic mass is 10.3. The first-order valence-electron chi connectivity index (χ1n) is 2.93. The Balaban J connectivity index is 3.11. The average molecular weight is 174 g/mol. The van der Waals surface area contributed by atoms with E-state index in [1.807, 2.05) is 0 Å². The van der Waals surface area contributed by atoms with Crippen LogP contribution < -0.4 is 4.74 Å². The van der Waals surface area contributed by atoms with Crippen molar-refractivity contribution >= 4 is 6.47 Å². The molecule has 12 heavy (non-hydrogen) atoms. The zero-order valence-corrected chi connectivity index (χ0v) is 5.75. The first kappa shape index (κ1) is 8.45. The van der Waals surface area contributed by atoms with Crippen molar-refractivity contribution in [2.75, 3.05) is 0 Å². The van der Waals surface area contributed by atoms with Crippen molar-refractivity contribution in [1.82, 2.24) is 0 Å². The maximum absolute atomic E-state index is 12.5. The number of rotatable bonds is 2. The number of halogens is 2. The topological polar surface area (TPSA) is 46.5 Å². The maximum atomic E-state index is 12.5. The standard InChI is InChI=1S/C7H4F2O3/c8-5-1-4(12-3-10)2-6(9)7(5)11/h1-3,11H. The molecule has 64 valence electrons. The van der Waals surface area contributed by atoms with E-state index in [1.165, 1.54) is 0 Å². The molecule has 1 aromatic carbocycles. The van der Waals surface area contributed by atoms with Gasteiger partial charge in [-0.2, -0.15) is 0 Å². The van der Waals surface area contributed by atoms with Crippen molar-refractivity contribution in [3.8, 4) is 11.5 Å². The van der Waals surface area contributed by atoms with Gasteiger partial charge in [-0.25, -0.2) is 8.78 Å². The van der Waals surface area contributed by atoms with Gasteiger partial charge >= 0.3 is 0 Å². The molecule has 1 N–H and O–H groups in total. The average Bonchev–Trinajstić information content (AvgIpc) is 2.01. The lowest BCUT2D eigenvalue weighted by molar-refractivity contribution is -0.120. The number of ether oxygens (including phenoxy) is 1. The van der Waals surface area contributed by atoms with Gasteiger partial charge in [0.1, 0.15) is 5.75 Å². The summed E-state index contributed by atoms with van der Waals surface area (Å²) < 4.78 is 29.1. The number of carbonyl (C=O) groups is 1. The molecule has 0 radical (unpaired) electrons. The summed E-state index contributed by atoms with van der Waals surface area (Å²) in [7, 11) is 0. The Morgan fingerprint density at radius 2 is 1.83 bits per heavy atom. The van der Waals surface area contributed by atoms with Gasteiger partial charge in [-0.15, -0.1) is 0 Å². The van der Waals surface area contributed by atoms with Crippen LogP contribution >= 0.6 is 0 Å². The molecule has 0 atom stereocenters. The van der Waals surface area contributed by atoms with Gasteiger partial charge in [-0.1, -0.05) is 0 Å². The number of benzene rings is 1. The van der Waals surface area contributed by atoms with Gasteiger partial charge in [-0.3, -0.25) is 4.79 Å². The van der Waals surface area contributed by atoms with Gasteiger partial charge in [0.2, 0.25) is 0 Å². The highest BCUT2D eigenvalue weighted by Crippen LogP contribution is 2.24. The normalized spacial score (nSPS) is 9.50. The quantitative estimate of drug-likeness (QED) is 0.685. The molecule has 0 amide bonds. The molecule has 5 heteroatoms. The molecule has 0 saturated carbocycles. The molecule has 1 rings (SSSR count). The largest absolute Gasteiger partial charge is 0.503 e. The van der Waals surface area contributed by atoms with E-state index in [1.54, 1.807) is 0 Å². The van der Waals surface area contributed by atoms with Gasteiger partial charge in [0.15, 0.2) is 17.4 Å². The molecule has 0 aliphatic rings. The highest BCUT2D eigenvalue weighted by atomic mass is 19.1. The van der Waals surface area contributed by atoms with Crippen LogP contribution in [0.3, 0.4) is 0 Å². The number of aromatic hydroxyl groups is 1. The Morgan fingerprint density at radius 1 is 1.33 bits per heavy atom. The number of hydrogen-bond donors (Lipinski definition) is 1. The van der Waals surface area contributed by atoms with Gasteiger partial charge in [0.25, 0.3) is 6.47 Å². The first-order chi connectivity index (χ1) is 5.65. The summed E-state index contributed by atoms with van der Waals surface area (Å²) in [5, 5.41) is 8.61. The fraction of sp³-hybridized carbons (Fsp3) is 0. The van der Waals surface area contributed by atoms with Crippen molar-refractivity contribution in [2.24, 2.45) is 0 Å². The van der Waals surface area contributed by atoms with Crippen LogP contribution in [0, 0.1) is 11.6 Å². The molecule has 0 saturated heterocycles. The van der Waals surface area contributed by atoms with Crippen LogP contribution in [0.1, 0.15) is 0 Å². The van der Waals surface area contributed by atoms with Crippen LogP contribution in [0.15, 0.2) is 12.1 Å². The van der Waals surface area contributed by atoms with Crippen LogP contribution in [0.25, 0.3) is 0 Å². The zero-order valence-electron chi connectivity index (χ0n) is 5.75. The lowest BCUT2D eigenvalue weighted by Crippen LogP contribution is -1.91. The van der Waals surface area contributed by atoms with E-state index >= 15 is 0 Å². The van der Waals surface area contributed by atoms with Crippen LogP contribution in [0.4, 0.5) is 8.78 Å². The summed E-state index contributed by atoms with van der Waals surface area (Å²) >= 11 is 0. The smallest absolute Gasteiger partial charge is 0.298 e. The number of hydrogen-bond acceptors (Lipinski definition) is 3. The van der Waals surface area contributed by atoms with Crippen LogP contribution in [0.5, 0.6) is 11.5 Å². The van der Waals surface area contributed by atoms with E-state index in [0.29, 0.717) is 12.1 Å². The van der Waals surface area contributed by atoms with E-state index < -0.39 is 17.4 Å². The number of carbonyl (C=O) groups excluding carboxylic acids is 1. The van der Waals surface area contributed by atoms with Crippen molar-refractivity contribution in [2.45, 2.75) is 0 Å². The Morgan fingerprint density at radius 3 is 2.25 bits per heavy atom. The summed E-state index contributed by atoms with van der Waals surface area (Å²) in [6.45, 7) is 0.0330. The molecule has 0 heterocycles. The Hall–Kier alpha value is -1.65. The van der Waals surface area contributed by atoms with E-state index in [0.717, 1.165) is 0 Å². The third kappa shape index (κ3) is 1.50. The van der Waals surface area contributed by atoms with Crippen molar-refractivity contribution in [3.63, 3.8) is 0 Å². The number of phenols is 1. The molecule has 0 bridgehead atoms. The molecule has 3 nitrogen and oxygen atoms in total. The summed E-state index contributed by atoms with van der Waals surface area (Å²) in [4.78, 5) is 9.75. The molecule has 0 spiro atoms. The fourth-order valence-electron chi connectivity index (χ4n) is 0.666. The summed E-state index contributed by atoms with van der Waals surface area (Å²) in [6.07, 6.45) is 0. The molecular weight excluding hydrogens is 170 g/mol. The van der Waals surface area contributed by atoms with Crippen LogP contribution in [-0.2, 0) is 4.79 Å². The molecule has 0 aromatic heterocycles.